The average Bonchev–Trinajstić information content (AvgIpc) is 2.14. The van der Waals surface area contributed by atoms with Crippen molar-refractivity contribution in [2.45, 2.75) is 18.5 Å². The van der Waals surface area contributed by atoms with Gasteiger partial charge in [0, 0.05) is 11.8 Å². The number of nitrogens with zero attached hydrogens (tertiary/aromatic N) is 1. The molecule has 14 heavy (non-hydrogen) atoms. The van der Waals surface area contributed by atoms with Crippen LogP contribution in [0.4, 0.5) is 0 Å². The molecular weight excluding hydrogens is 204 g/mol. The minimum Gasteiger partial charge on any atom is -0.477 e. The second-order valence-corrected chi connectivity index (χ2v) is 3.67. The molecule has 0 aliphatic rings. The highest BCUT2D eigenvalue weighted by atomic mass is 32.2. The molecule has 2 N–H and O–H groups in total. The molecule has 0 bridgehead atoms. The molecule has 0 atom stereocenters. The molecule has 0 fully saturated rings. The van der Waals surface area contributed by atoms with Crippen LogP contribution in [0, 0.1) is 0 Å². The van der Waals surface area contributed by atoms with E-state index in [1.165, 1.54) is 11.8 Å². The fourth-order valence-electron chi connectivity index (χ4n) is 0.812. The zero-order chi connectivity index (χ0) is 10.6. The lowest BCUT2D eigenvalue weighted by Crippen LogP contribution is -2.13. The van der Waals surface area contributed by atoms with E-state index in [9.17, 15) is 9.59 Å². The molecule has 0 aromatic carbocycles. The zero-order valence-corrected chi connectivity index (χ0v) is 8.43. The summed E-state index contributed by atoms with van der Waals surface area (Å²) in [6.45, 7) is 1.99. The van der Waals surface area contributed by atoms with E-state index in [4.69, 9.17) is 5.11 Å². The molecule has 0 radical (unpaired) electrons. The Morgan fingerprint density at radius 2 is 2.43 bits per heavy atom. The normalized spacial score (nSPS) is 10.1. The standard InChI is InChI=1S/C8H10N2O3S/c1-2-3-14-8-9-5(7(12)13)4-6(11)10-8/h4H,2-3H2,1H3,(H,12,13)(H,9,10,11). The van der Waals surface area contributed by atoms with Crippen LogP contribution in [-0.2, 0) is 0 Å². The molecule has 0 saturated heterocycles. The summed E-state index contributed by atoms with van der Waals surface area (Å²) in [5.41, 5.74) is -0.650. The van der Waals surface area contributed by atoms with Crippen molar-refractivity contribution in [2.24, 2.45) is 0 Å². The quantitative estimate of drug-likeness (QED) is 0.576. The average molecular weight is 214 g/mol. The van der Waals surface area contributed by atoms with Crippen LogP contribution in [0.2, 0.25) is 0 Å². The van der Waals surface area contributed by atoms with Crippen LogP contribution in [0.15, 0.2) is 16.0 Å². The first kappa shape index (κ1) is 10.8. The summed E-state index contributed by atoms with van der Waals surface area (Å²) in [7, 11) is 0. The zero-order valence-electron chi connectivity index (χ0n) is 7.61. The van der Waals surface area contributed by atoms with Crippen molar-refractivity contribution in [2.75, 3.05) is 5.75 Å². The minimum absolute atomic E-state index is 0.215. The third kappa shape index (κ3) is 2.88. The number of nitrogens with one attached hydrogen (secondary N) is 1. The summed E-state index contributed by atoms with van der Waals surface area (Å²) >= 11 is 1.34. The van der Waals surface area contributed by atoms with Gasteiger partial charge in [-0.25, -0.2) is 9.78 Å². The van der Waals surface area contributed by atoms with Crippen LogP contribution in [0.25, 0.3) is 0 Å². The van der Waals surface area contributed by atoms with Gasteiger partial charge in [0.15, 0.2) is 10.9 Å². The number of H-pyrrole nitrogens is 1. The van der Waals surface area contributed by atoms with Crippen molar-refractivity contribution in [3.8, 4) is 0 Å². The Morgan fingerprint density at radius 3 is 3.00 bits per heavy atom. The molecule has 76 valence electrons. The largest absolute Gasteiger partial charge is 0.477 e. The molecule has 0 aliphatic carbocycles. The first-order valence-corrected chi connectivity index (χ1v) is 5.09. The van der Waals surface area contributed by atoms with Gasteiger partial charge < -0.3 is 10.1 Å². The molecule has 0 aliphatic heterocycles. The van der Waals surface area contributed by atoms with Crippen LogP contribution < -0.4 is 5.56 Å². The summed E-state index contributed by atoms with van der Waals surface area (Å²) in [6, 6.07) is 0.971. The molecule has 0 saturated carbocycles. The fraction of sp³-hybridized carbons (Fsp3) is 0.375. The molecular formula is C8H10N2O3S. The van der Waals surface area contributed by atoms with Crippen LogP contribution in [0.3, 0.4) is 0 Å². The number of carbonyl (C=O) groups is 1. The maximum Gasteiger partial charge on any atom is 0.354 e. The third-order valence-corrected chi connectivity index (χ3v) is 2.46. The minimum atomic E-state index is -1.19. The van der Waals surface area contributed by atoms with E-state index in [2.05, 4.69) is 9.97 Å². The first-order valence-electron chi connectivity index (χ1n) is 4.11. The molecule has 1 aromatic heterocycles. The van der Waals surface area contributed by atoms with Crippen LogP contribution in [0.5, 0.6) is 0 Å². The maximum absolute atomic E-state index is 11.0. The molecule has 0 amide bonds. The van der Waals surface area contributed by atoms with E-state index < -0.39 is 11.5 Å². The molecule has 0 spiro atoms. The van der Waals surface area contributed by atoms with Crippen molar-refractivity contribution in [3.05, 3.63) is 22.1 Å². The first-order chi connectivity index (χ1) is 6.63. The Hall–Kier alpha value is -1.30. The number of hydrogen-bond acceptors (Lipinski definition) is 4. The van der Waals surface area contributed by atoms with E-state index >= 15 is 0 Å². The van der Waals surface area contributed by atoms with Crippen molar-refractivity contribution >= 4 is 17.7 Å². The summed E-state index contributed by atoms with van der Waals surface area (Å²) in [5, 5.41) is 8.99. The van der Waals surface area contributed by atoms with E-state index in [0.717, 1.165) is 18.2 Å². The summed E-state index contributed by atoms with van der Waals surface area (Å²) in [4.78, 5) is 27.8. The second kappa shape index (κ2) is 4.80. The van der Waals surface area contributed by atoms with Crippen LogP contribution >= 0.6 is 11.8 Å². The second-order valence-electron chi connectivity index (χ2n) is 2.59. The Balaban J connectivity index is 2.95. The summed E-state index contributed by atoms with van der Waals surface area (Å²) < 4.78 is 0. The number of aromatic carboxylic acids is 1. The van der Waals surface area contributed by atoms with Gasteiger partial charge in [-0.1, -0.05) is 18.7 Å². The number of rotatable bonds is 4. The SMILES string of the molecule is CCCSc1nc(C(=O)O)cc(=O)[nH]1. The van der Waals surface area contributed by atoms with Crippen LogP contribution in [-0.4, -0.2) is 26.8 Å². The Labute approximate surface area is 84.6 Å². The monoisotopic (exact) mass is 214 g/mol. The van der Waals surface area contributed by atoms with E-state index in [-0.39, 0.29) is 5.69 Å². The van der Waals surface area contributed by atoms with Gasteiger partial charge in [-0.05, 0) is 6.42 Å². The van der Waals surface area contributed by atoms with E-state index in [0.29, 0.717) is 5.16 Å². The van der Waals surface area contributed by atoms with Gasteiger partial charge >= 0.3 is 5.97 Å². The predicted octanol–water partition coefficient (Wildman–Crippen LogP) is 0.970. The Morgan fingerprint density at radius 1 is 1.71 bits per heavy atom. The highest BCUT2D eigenvalue weighted by Crippen LogP contribution is 2.11. The van der Waals surface area contributed by atoms with Crippen molar-refractivity contribution < 1.29 is 9.90 Å². The molecule has 0 unspecified atom stereocenters. The number of carboxylic acids is 1. The van der Waals surface area contributed by atoms with Gasteiger partial charge in [-0.2, -0.15) is 0 Å². The highest BCUT2D eigenvalue weighted by molar-refractivity contribution is 7.99. The van der Waals surface area contributed by atoms with Gasteiger partial charge in [-0.3, -0.25) is 4.79 Å². The van der Waals surface area contributed by atoms with Gasteiger partial charge in [-0.15, -0.1) is 0 Å². The number of carboxylic acid groups (broad SMARTS) is 1. The van der Waals surface area contributed by atoms with Gasteiger partial charge in [0.05, 0.1) is 0 Å². The number of aromatic amines is 1. The molecule has 1 heterocycles. The number of aromatic nitrogens is 2. The van der Waals surface area contributed by atoms with Crippen LogP contribution in [0.1, 0.15) is 23.8 Å². The third-order valence-electron chi connectivity index (χ3n) is 1.38. The predicted molar refractivity (Wildman–Crippen MR) is 52.8 cm³/mol. The van der Waals surface area contributed by atoms with Gasteiger partial charge in [0.1, 0.15) is 0 Å². The van der Waals surface area contributed by atoms with Gasteiger partial charge in [0.25, 0.3) is 5.56 Å². The lowest BCUT2D eigenvalue weighted by atomic mass is 10.4. The molecule has 1 rings (SSSR count). The topological polar surface area (TPSA) is 83.0 Å². The van der Waals surface area contributed by atoms with E-state index in [1.54, 1.807) is 0 Å². The highest BCUT2D eigenvalue weighted by Gasteiger charge is 2.07. The lowest BCUT2D eigenvalue weighted by Gasteiger charge is -1.99. The van der Waals surface area contributed by atoms with Gasteiger partial charge in [0.2, 0.25) is 0 Å². The number of hydrogen-bond donors (Lipinski definition) is 2. The van der Waals surface area contributed by atoms with Crippen molar-refractivity contribution in [3.63, 3.8) is 0 Å². The Kier molecular flexibility index (Phi) is 3.70. The maximum atomic E-state index is 11.0. The smallest absolute Gasteiger partial charge is 0.354 e. The summed E-state index contributed by atoms with van der Waals surface area (Å²) in [6.07, 6.45) is 0.936. The molecule has 5 nitrogen and oxygen atoms in total. The Bertz CT molecular complexity index is 388. The van der Waals surface area contributed by atoms with E-state index in [1.807, 2.05) is 6.92 Å². The van der Waals surface area contributed by atoms with Crippen molar-refractivity contribution in [1.82, 2.24) is 9.97 Å². The van der Waals surface area contributed by atoms with Crippen molar-refractivity contribution in [1.29, 1.82) is 0 Å². The lowest BCUT2D eigenvalue weighted by molar-refractivity contribution is 0.0689. The molecule has 1 aromatic rings. The summed E-state index contributed by atoms with van der Waals surface area (Å²) in [5.74, 6) is -0.388. The fourth-order valence-corrected chi connectivity index (χ4v) is 1.55. The number of thioether (sulfide) groups is 1. The molecule has 6 heteroatoms.